The van der Waals surface area contributed by atoms with E-state index in [0.29, 0.717) is 24.3 Å². The number of fused-ring (bicyclic) bond motifs is 1. The number of aryl methyl sites for hydroxylation is 1. The van der Waals surface area contributed by atoms with E-state index in [1.807, 2.05) is 36.4 Å². The zero-order chi connectivity index (χ0) is 23.8. The van der Waals surface area contributed by atoms with Crippen LogP contribution in [0.4, 0.5) is 5.69 Å². The molecule has 1 atom stereocenters. The van der Waals surface area contributed by atoms with Crippen molar-refractivity contribution in [3.63, 3.8) is 0 Å². The predicted octanol–water partition coefficient (Wildman–Crippen LogP) is 3.47. The van der Waals surface area contributed by atoms with Crippen molar-refractivity contribution in [2.45, 2.75) is 44.6 Å². The summed E-state index contributed by atoms with van der Waals surface area (Å²) in [5.74, 6) is 0.300. The minimum Gasteiger partial charge on any atom is -0.372 e. The van der Waals surface area contributed by atoms with Crippen LogP contribution in [-0.4, -0.2) is 40.1 Å². The Kier molecular flexibility index (Phi) is 5.94. The molecule has 176 valence electrons. The molecule has 0 bridgehead atoms. The molecule has 1 unspecified atom stereocenters. The van der Waals surface area contributed by atoms with Gasteiger partial charge in [-0.25, -0.2) is 4.79 Å². The highest BCUT2D eigenvalue weighted by Crippen LogP contribution is 2.31. The Morgan fingerprint density at radius 2 is 1.71 bits per heavy atom. The van der Waals surface area contributed by atoms with Gasteiger partial charge < -0.3 is 4.90 Å². The minimum atomic E-state index is -0.557. The molecule has 7 nitrogen and oxygen atoms in total. The Labute approximate surface area is 198 Å². The molecule has 7 heteroatoms. The van der Waals surface area contributed by atoms with Crippen LogP contribution in [-0.2, 0) is 23.1 Å². The van der Waals surface area contributed by atoms with Crippen molar-refractivity contribution in [3.8, 4) is 0 Å². The minimum absolute atomic E-state index is 0.0405. The van der Waals surface area contributed by atoms with Gasteiger partial charge in [0.25, 0.3) is 0 Å². The number of benzene rings is 2. The summed E-state index contributed by atoms with van der Waals surface area (Å²) in [5.41, 5.74) is 4.44. The first kappa shape index (κ1) is 22.3. The van der Waals surface area contributed by atoms with E-state index in [9.17, 15) is 19.2 Å². The molecule has 2 aliphatic rings. The molecule has 2 fully saturated rings. The molecule has 1 saturated heterocycles. The molecule has 2 aromatic carbocycles. The standard InChI is InChI=1S/C27H29N3O4/c1-28-26-20(15-18-11-13-29(14-12-18)21-7-5-19(17-31)6-8-21)3-2-4-24(26)30(27(28)34)23-10-9-22(32)16-25(23)33/h2-8,17-18,23H,9-16H2,1H3. The Bertz CT molecular complexity index is 1310. The molecule has 0 amide bonds. The highest BCUT2D eigenvalue weighted by molar-refractivity contribution is 6.03. The maximum absolute atomic E-state index is 13.2. The fourth-order valence-electron chi connectivity index (χ4n) is 5.59. The van der Waals surface area contributed by atoms with E-state index in [2.05, 4.69) is 11.0 Å². The van der Waals surface area contributed by atoms with Crippen LogP contribution in [0.2, 0.25) is 0 Å². The van der Waals surface area contributed by atoms with Crippen LogP contribution < -0.4 is 10.6 Å². The number of hydrogen-bond acceptors (Lipinski definition) is 5. The van der Waals surface area contributed by atoms with Gasteiger partial charge in [-0.15, -0.1) is 0 Å². The number of anilines is 1. The molecule has 0 N–H and O–H groups in total. The van der Waals surface area contributed by atoms with Gasteiger partial charge in [0.15, 0.2) is 5.78 Å². The van der Waals surface area contributed by atoms with Gasteiger partial charge in [0.05, 0.1) is 23.5 Å². The monoisotopic (exact) mass is 459 g/mol. The fraction of sp³-hybridized carbons (Fsp3) is 0.407. The number of piperidine rings is 1. The van der Waals surface area contributed by atoms with Gasteiger partial charge in [-0.05, 0) is 67.5 Å². The zero-order valence-electron chi connectivity index (χ0n) is 19.4. The second kappa shape index (κ2) is 9.05. The first-order valence-corrected chi connectivity index (χ1v) is 12.0. The van der Waals surface area contributed by atoms with Gasteiger partial charge in [-0.3, -0.25) is 23.5 Å². The molecule has 0 radical (unpaired) electrons. The van der Waals surface area contributed by atoms with Crippen molar-refractivity contribution in [1.29, 1.82) is 0 Å². The quantitative estimate of drug-likeness (QED) is 0.431. The largest absolute Gasteiger partial charge is 0.372 e. The van der Waals surface area contributed by atoms with Crippen LogP contribution in [0, 0.1) is 5.92 Å². The van der Waals surface area contributed by atoms with Crippen molar-refractivity contribution in [3.05, 3.63) is 64.1 Å². The van der Waals surface area contributed by atoms with E-state index in [0.717, 1.165) is 60.9 Å². The van der Waals surface area contributed by atoms with Crippen molar-refractivity contribution in [2.75, 3.05) is 18.0 Å². The van der Waals surface area contributed by atoms with Gasteiger partial charge in [-0.2, -0.15) is 0 Å². The smallest absolute Gasteiger partial charge is 0.329 e. The van der Waals surface area contributed by atoms with E-state index in [4.69, 9.17) is 0 Å². The lowest BCUT2D eigenvalue weighted by Gasteiger charge is -2.34. The van der Waals surface area contributed by atoms with Crippen molar-refractivity contribution in [1.82, 2.24) is 9.13 Å². The Morgan fingerprint density at radius 3 is 2.38 bits per heavy atom. The SMILES string of the molecule is Cn1c(=O)n(C2CCC(=O)CC2=O)c2cccc(CC3CCN(c4ccc(C=O)cc4)CC3)c21. The average Bonchev–Trinajstić information content (AvgIpc) is 3.10. The van der Waals surface area contributed by atoms with Gasteiger partial charge >= 0.3 is 5.69 Å². The van der Waals surface area contributed by atoms with E-state index in [1.54, 1.807) is 16.2 Å². The highest BCUT2D eigenvalue weighted by atomic mass is 16.2. The lowest BCUT2D eigenvalue weighted by atomic mass is 9.89. The second-order valence-electron chi connectivity index (χ2n) is 9.58. The molecule has 34 heavy (non-hydrogen) atoms. The predicted molar refractivity (Wildman–Crippen MR) is 131 cm³/mol. The van der Waals surface area contributed by atoms with Crippen molar-refractivity contribution >= 4 is 34.6 Å². The summed E-state index contributed by atoms with van der Waals surface area (Å²) in [7, 11) is 1.77. The maximum Gasteiger partial charge on any atom is 0.329 e. The number of aromatic nitrogens is 2. The van der Waals surface area contributed by atoms with Crippen LogP contribution in [0.3, 0.4) is 0 Å². The Hall–Kier alpha value is -3.48. The third-order valence-electron chi connectivity index (χ3n) is 7.46. The van der Waals surface area contributed by atoms with Crippen LogP contribution in [0.25, 0.3) is 11.0 Å². The van der Waals surface area contributed by atoms with Crippen molar-refractivity contribution < 1.29 is 14.4 Å². The maximum atomic E-state index is 13.2. The summed E-state index contributed by atoms with van der Waals surface area (Å²) in [6.45, 7) is 1.90. The van der Waals surface area contributed by atoms with E-state index in [1.165, 1.54) is 0 Å². The number of carbonyl (C=O) groups is 3. The number of Topliss-reactive ketones (excluding diaryl/α,β-unsaturated/α-hetero) is 2. The molecule has 1 aromatic heterocycles. The van der Waals surface area contributed by atoms with Crippen LogP contribution >= 0.6 is 0 Å². The third-order valence-corrected chi connectivity index (χ3v) is 7.46. The summed E-state index contributed by atoms with van der Waals surface area (Å²) in [5, 5.41) is 0. The molecule has 1 aliphatic heterocycles. The van der Waals surface area contributed by atoms with Crippen LogP contribution in [0.15, 0.2) is 47.3 Å². The lowest BCUT2D eigenvalue weighted by molar-refractivity contribution is -0.132. The normalized spacial score (nSPS) is 19.7. The number of hydrogen-bond donors (Lipinski definition) is 0. The number of imidazole rings is 1. The van der Waals surface area contributed by atoms with Crippen molar-refractivity contribution in [2.24, 2.45) is 13.0 Å². The average molecular weight is 460 g/mol. The molecular formula is C27H29N3O4. The molecule has 2 heterocycles. The number of ketones is 2. The number of para-hydroxylation sites is 1. The summed E-state index contributed by atoms with van der Waals surface area (Å²) in [4.78, 5) is 50.7. The van der Waals surface area contributed by atoms with Gasteiger partial charge in [-0.1, -0.05) is 12.1 Å². The third kappa shape index (κ3) is 4.00. The summed E-state index contributed by atoms with van der Waals surface area (Å²) in [6.07, 6.45) is 4.49. The molecule has 1 aliphatic carbocycles. The van der Waals surface area contributed by atoms with E-state index >= 15 is 0 Å². The van der Waals surface area contributed by atoms with Crippen LogP contribution in [0.5, 0.6) is 0 Å². The van der Waals surface area contributed by atoms with Crippen LogP contribution in [0.1, 0.15) is 54.1 Å². The highest BCUT2D eigenvalue weighted by Gasteiger charge is 2.32. The molecule has 5 rings (SSSR count). The number of rotatable bonds is 5. The second-order valence-corrected chi connectivity index (χ2v) is 9.58. The summed E-state index contributed by atoms with van der Waals surface area (Å²) < 4.78 is 3.28. The number of carbonyl (C=O) groups excluding carboxylic acids is 3. The van der Waals surface area contributed by atoms with E-state index in [-0.39, 0.29) is 23.7 Å². The molecular weight excluding hydrogens is 430 g/mol. The molecule has 3 aromatic rings. The van der Waals surface area contributed by atoms with Gasteiger partial charge in [0, 0.05) is 37.8 Å². The van der Waals surface area contributed by atoms with Gasteiger partial charge in [0.1, 0.15) is 12.1 Å². The topological polar surface area (TPSA) is 81.4 Å². The Morgan fingerprint density at radius 1 is 0.971 bits per heavy atom. The van der Waals surface area contributed by atoms with E-state index < -0.39 is 6.04 Å². The summed E-state index contributed by atoms with van der Waals surface area (Å²) >= 11 is 0. The Balaban J connectivity index is 1.36. The van der Waals surface area contributed by atoms with Gasteiger partial charge in [0.2, 0.25) is 0 Å². The first-order valence-electron chi connectivity index (χ1n) is 12.0. The number of aldehydes is 1. The molecule has 0 spiro atoms. The lowest BCUT2D eigenvalue weighted by Crippen LogP contribution is -2.34. The first-order chi connectivity index (χ1) is 16.5. The number of nitrogens with zero attached hydrogens (tertiary/aromatic N) is 3. The molecule has 1 saturated carbocycles. The fourth-order valence-corrected chi connectivity index (χ4v) is 5.59. The summed E-state index contributed by atoms with van der Waals surface area (Å²) in [6, 6.07) is 13.1. The zero-order valence-corrected chi connectivity index (χ0v) is 19.4.